The fourth-order valence-electron chi connectivity index (χ4n) is 3.27. The normalized spacial score (nSPS) is 13.1. The summed E-state index contributed by atoms with van der Waals surface area (Å²) >= 11 is 0. The first kappa shape index (κ1) is 21.9. The summed E-state index contributed by atoms with van der Waals surface area (Å²) in [4.78, 5) is 48.3. The first-order chi connectivity index (χ1) is 15.6. The largest absolute Gasteiger partial charge is 0.545 e. The number of hydrogen-bond donors (Lipinski definition) is 1. The lowest BCUT2D eigenvalue weighted by molar-refractivity contribution is -0.255. The summed E-state index contributed by atoms with van der Waals surface area (Å²) in [6.45, 7) is 1.84. The maximum absolute atomic E-state index is 12.9. The number of imide groups is 1. The van der Waals surface area contributed by atoms with E-state index in [1.165, 1.54) is 6.07 Å². The SMILES string of the molecule is Cc1ccc(C(=O)NN2C(=O)c3ccc(S(=O)(=O)c4ccc(C(=O)[O-])cc4)cc3C2=O)cc1. The minimum absolute atomic E-state index is 0.0598. The summed E-state index contributed by atoms with van der Waals surface area (Å²) in [6, 6.07) is 14.3. The lowest BCUT2D eigenvalue weighted by atomic mass is 10.1. The van der Waals surface area contributed by atoms with Gasteiger partial charge in [0.15, 0.2) is 0 Å². The standard InChI is InChI=1S/C23H16N2O7S/c1-13-2-4-14(5-3-13)20(26)24-25-21(27)18-11-10-17(12-19(18)22(25)28)33(31,32)16-8-6-15(7-9-16)23(29)30/h2-12H,1H3,(H,24,26)(H,29,30)/p-1. The Balaban J connectivity index is 1.62. The van der Waals surface area contributed by atoms with E-state index in [1.54, 1.807) is 24.3 Å². The van der Waals surface area contributed by atoms with E-state index in [0.29, 0.717) is 5.01 Å². The van der Waals surface area contributed by atoms with E-state index in [-0.39, 0.29) is 32.0 Å². The molecule has 4 rings (SSSR count). The van der Waals surface area contributed by atoms with Crippen LogP contribution in [0.2, 0.25) is 0 Å². The van der Waals surface area contributed by atoms with Gasteiger partial charge in [-0.25, -0.2) is 8.42 Å². The van der Waals surface area contributed by atoms with Crippen LogP contribution in [0.25, 0.3) is 0 Å². The third-order valence-electron chi connectivity index (χ3n) is 5.10. The Hall–Kier alpha value is -4.31. The molecular formula is C23H15N2O7S-. The number of aromatic carboxylic acids is 1. The molecule has 9 nitrogen and oxygen atoms in total. The number of hydrogen-bond acceptors (Lipinski definition) is 7. The number of carboxylic acid groups (broad SMARTS) is 1. The van der Waals surface area contributed by atoms with Crippen molar-refractivity contribution in [3.05, 3.63) is 94.5 Å². The van der Waals surface area contributed by atoms with Crippen LogP contribution in [-0.2, 0) is 9.84 Å². The number of amides is 3. The molecule has 3 aromatic rings. The van der Waals surface area contributed by atoms with Crippen LogP contribution in [0.5, 0.6) is 0 Å². The molecule has 0 fully saturated rings. The Bertz CT molecular complexity index is 1430. The van der Waals surface area contributed by atoms with Crippen molar-refractivity contribution in [2.75, 3.05) is 0 Å². The van der Waals surface area contributed by atoms with Crippen molar-refractivity contribution in [3.63, 3.8) is 0 Å². The third kappa shape index (κ3) is 3.87. The van der Waals surface area contributed by atoms with Crippen LogP contribution in [0.15, 0.2) is 76.5 Å². The zero-order valence-electron chi connectivity index (χ0n) is 17.1. The van der Waals surface area contributed by atoms with Gasteiger partial charge in [-0.3, -0.25) is 19.8 Å². The smallest absolute Gasteiger partial charge is 0.280 e. The molecule has 3 amide bonds. The monoisotopic (exact) mass is 463 g/mol. The molecule has 1 N–H and O–H groups in total. The minimum atomic E-state index is -4.11. The third-order valence-corrected chi connectivity index (χ3v) is 6.86. The molecule has 0 bridgehead atoms. The molecule has 0 aliphatic carbocycles. The van der Waals surface area contributed by atoms with E-state index < -0.39 is 33.5 Å². The van der Waals surface area contributed by atoms with Crippen LogP contribution < -0.4 is 10.5 Å². The van der Waals surface area contributed by atoms with Gasteiger partial charge in [-0.1, -0.05) is 29.8 Å². The van der Waals surface area contributed by atoms with Gasteiger partial charge in [0.05, 0.1) is 26.9 Å². The van der Waals surface area contributed by atoms with E-state index >= 15 is 0 Å². The van der Waals surface area contributed by atoms with Crippen LogP contribution >= 0.6 is 0 Å². The van der Waals surface area contributed by atoms with Crippen molar-refractivity contribution >= 4 is 33.5 Å². The second-order valence-corrected chi connectivity index (χ2v) is 9.23. The number of sulfone groups is 1. The number of nitrogens with zero attached hydrogens (tertiary/aromatic N) is 1. The second-order valence-electron chi connectivity index (χ2n) is 7.28. The van der Waals surface area contributed by atoms with Gasteiger partial charge >= 0.3 is 0 Å². The van der Waals surface area contributed by atoms with Gasteiger partial charge in [0.25, 0.3) is 17.7 Å². The van der Waals surface area contributed by atoms with Gasteiger partial charge in [-0.15, -0.1) is 0 Å². The molecule has 3 aromatic carbocycles. The van der Waals surface area contributed by atoms with E-state index in [9.17, 15) is 32.7 Å². The molecule has 1 heterocycles. The molecule has 166 valence electrons. The Morgan fingerprint density at radius 1 is 0.788 bits per heavy atom. The molecule has 0 aromatic heterocycles. The molecule has 0 atom stereocenters. The topological polar surface area (TPSA) is 141 Å². The van der Waals surface area contributed by atoms with Crippen molar-refractivity contribution < 1.29 is 32.7 Å². The number of rotatable bonds is 5. The molecule has 0 unspecified atom stereocenters. The quantitative estimate of drug-likeness (QED) is 0.559. The zero-order valence-corrected chi connectivity index (χ0v) is 17.9. The average Bonchev–Trinajstić information content (AvgIpc) is 3.04. The van der Waals surface area contributed by atoms with Gasteiger partial charge in [0.2, 0.25) is 9.84 Å². The van der Waals surface area contributed by atoms with Gasteiger partial charge in [0.1, 0.15) is 0 Å². The molecule has 0 saturated carbocycles. The molecule has 10 heteroatoms. The van der Waals surface area contributed by atoms with Crippen molar-refractivity contribution in [2.24, 2.45) is 0 Å². The summed E-state index contributed by atoms with van der Waals surface area (Å²) in [6.07, 6.45) is 0. The highest BCUT2D eigenvalue weighted by Crippen LogP contribution is 2.28. The number of nitrogens with one attached hydrogen (secondary N) is 1. The summed E-state index contributed by atoms with van der Waals surface area (Å²) in [5.41, 5.74) is 2.98. The van der Waals surface area contributed by atoms with E-state index in [0.717, 1.165) is 42.0 Å². The molecule has 0 radical (unpaired) electrons. The molecule has 33 heavy (non-hydrogen) atoms. The van der Waals surface area contributed by atoms with Gasteiger partial charge in [-0.05, 0) is 55.0 Å². The number of hydrazine groups is 1. The molecule has 1 aliphatic rings. The predicted octanol–water partition coefficient (Wildman–Crippen LogP) is 1.13. The van der Waals surface area contributed by atoms with Crippen LogP contribution in [-0.4, -0.2) is 37.1 Å². The Kier molecular flexibility index (Phi) is 5.30. The lowest BCUT2D eigenvalue weighted by Gasteiger charge is -2.15. The second kappa shape index (κ2) is 7.99. The predicted molar refractivity (Wildman–Crippen MR) is 112 cm³/mol. The molecule has 0 saturated heterocycles. The van der Waals surface area contributed by atoms with E-state index in [4.69, 9.17) is 0 Å². The summed E-state index contributed by atoms with van der Waals surface area (Å²) < 4.78 is 25.9. The Labute approximate surface area is 188 Å². The fourth-order valence-corrected chi connectivity index (χ4v) is 4.55. The number of carboxylic acids is 1. The van der Waals surface area contributed by atoms with Crippen molar-refractivity contribution in [1.29, 1.82) is 0 Å². The van der Waals surface area contributed by atoms with Gasteiger partial charge < -0.3 is 9.90 Å². The Morgan fingerprint density at radius 2 is 1.33 bits per heavy atom. The number of carbonyl (C=O) groups excluding carboxylic acids is 4. The number of benzene rings is 3. The summed E-state index contributed by atoms with van der Waals surface area (Å²) in [5, 5.41) is 11.4. The summed E-state index contributed by atoms with van der Waals surface area (Å²) in [7, 11) is -4.11. The van der Waals surface area contributed by atoms with Gasteiger partial charge in [-0.2, -0.15) is 5.01 Å². The maximum atomic E-state index is 12.9. The Morgan fingerprint density at radius 3 is 1.94 bits per heavy atom. The molecular weight excluding hydrogens is 448 g/mol. The first-order valence-corrected chi connectivity index (χ1v) is 11.0. The van der Waals surface area contributed by atoms with Crippen LogP contribution in [0.1, 0.15) is 47.0 Å². The van der Waals surface area contributed by atoms with Gasteiger partial charge in [0, 0.05) is 5.56 Å². The van der Waals surface area contributed by atoms with Crippen LogP contribution in [0.3, 0.4) is 0 Å². The minimum Gasteiger partial charge on any atom is -0.545 e. The van der Waals surface area contributed by atoms with Crippen molar-refractivity contribution in [3.8, 4) is 0 Å². The number of aryl methyl sites for hydroxylation is 1. The highest BCUT2D eigenvalue weighted by molar-refractivity contribution is 7.91. The number of carbonyl (C=O) groups is 4. The fraction of sp³-hybridized carbons (Fsp3) is 0.0435. The van der Waals surface area contributed by atoms with Crippen molar-refractivity contribution in [1.82, 2.24) is 10.4 Å². The van der Waals surface area contributed by atoms with Crippen LogP contribution in [0, 0.1) is 6.92 Å². The molecule has 1 aliphatic heterocycles. The highest BCUT2D eigenvalue weighted by Gasteiger charge is 2.38. The van der Waals surface area contributed by atoms with Crippen molar-refractivity contribution in [2.45, 2.75) is 16.7 Å². The molecule has 0 spiro atoms. The van der Waals surface area contributed by atoms with E-state index in [2.05, 4.69) is 5.43 Å². The zero-order chi connectivity index (χ0) is 23.9. The number of fused-ring (bicyclic) bond motifs is 1. The highest BCUT2D eigenvalue weighted by atomic mass is 32.2. The first-order valence-electron chi connectivity index (χ1n) is 9.56. The van der Waals surface area contributed by atoms with E-state index in [1.807, 2.05) is 6.92 Å². The lowest BCUT2D eigenvalue weighted by Crippen LogP contribution is -2.45. The average molecular weight is 463 g/mol. The summed E-state index contributed by atoms with van der Waals surface area (Å²) in [5.74, 6) is -3.80. The maximum Gasteiger partial charge on any atom is 0.280 e. The van der Waals surface area contributed by atoms with Crippen LogP contribution in [0.4, 0.5) is 0 Å².